The van der Waals surface area contributed by atoms with Gasteiger partial charge in [0.15, 0.2) is 6.04 Å². The second kappa shape index (κ2) is 3.09. The van der Waals surface area contributed by atoms with Crippen molar-refractivity contribution >= 4 is 18.2 Å². The molecule has 1 aromatic rings. The van der Waals surface area contributed by atoms with Crippen LogP contribution >= 0.6 is 0 Å². The monoisotopic (exact) mass is 233 g/mol. The van der Waals surface area contributed by atoms with Crippen LogP contribution in [0.15, 0.2) is 17.4 Å². The molecule has 3 heterocycles. The predicted octanol–water partition coefficient (Wildman–Crippen LogP) is 0.786. The minimum absolute atomic E-state index is 0.0238. The molecular formula is C11H15N5O. The fourth-order valence-electron chi connectivity index (χ4n) is 2.25. The van der Waals surface area contributed by atoms with Crippen LogP contribution in [0.2, 0.25) is 0 Å². The quantitative estimate of drug-likeness (QED) is 0.719. The summed E-state index contributed by atoms with van der Waals surface area (Å²) in [6, 6.07) is -0.379. The van der Waals surface area contributed by atoms with E-state index in [2.05, 4.69) is 41.0 Å². The molecule has 0 amide bonds. The van der Waals surface area contributed by atoms with Gasteiger partial charge in [-0.15, -0.1) is 0 Å². The predicted molar refractivity (Wildman–Crippen MR) is 64.1 cm³/mol. The van der Waals surface area contributed by atoms with Crippen molar-refractivity contribution in [1.82, 2.24) is 14.5 Å². The van der Waals surface area contributed by atoms with E-state index in [0.717, 1.165) is 0 Å². The number of carbonyl (C=O) groups excluding carboxylic acids is 1. The fraction of sp³-hybridized carbons (Fsp3) is 0.545. The number of nitrogens with zero attached hydrogens (tertiary/aromatic N) is 4. The molecule has 0 spiro atoms. The van der Waals surface area contributed by atoms with Gasteiger partial charge in [-0.05, 0) is 20.8 Å². The Morgan fingerprint density at radius 3 is 2.88 bits per heavy atom. The van der Waals surface area contributed by atoms with Gasteiger partial charge in [0.25, 0.3) is 5.91 Å². The number of aromatic nitrogens is 2. The van der Waals surface area contributed by atoms with E-state index in [0.29, 0.717) is 5.95 Å². The minimum atomic E-state index is -0.379. The van der Waals surface area contributed by atoms with Crippen LogP contribution in [0.3, 0.4) is 0 Å². The summed E-state index contributed by atoms with van der Waals surface area (Å²) in [6.07, 6.45) is 4.91. The van der Waals surface area contributed by atoms with Gasteiger partial charge in [0.1, 0.15) is 6.17 Å². The lowest BCUT2D eigenvalue weighted by molar-refractivity contribution is 0.0818. The van der Waals surface area contributed by atoms with Crippen LogP contribution in [0, 0.1) is 0 Å². The average Bonchev–Trinajstić information content (AvgIpc) is 2.81. The number of fused-ring (bicyclic) bond motifs is 2. The number of nitrogens with one attached hydrogen (secondary N) is 1. The highest BCUT2D eigenvalue weighted by Crippen LogP contribution is 2.28. The highest BCUT2D eigenvalue weighted by molar-refractivity contribution is 5.92. The molecule has 6 heteroatoms. The Balaban J connectivity index is 1.99. The molecule has 0 saturated heterocycles. The van der Waals surface area contributed by atoms with E-state index >= 15 is 0 Å². The highest BCUT2D eigenvalue weighted by Gasteiger charge is 2.44. The van der Waals surface area contributed by atoms with E-state index in [1.807, 2.05) is 0 Å². The summed E-state index contributed by atoms with van der Waals surface area (Å²) in [5.41, 5.74) is -0.0784. The molecule has 0 bridgehead atoms. The maximum absolute atomic E-state index is 12.2. The second-order valence-electron chi connectivity index (χ2n) is 5.34. The molecule has 2 aliphatic rings. The molecule has 2 atom stereocenters. The SMILES string of the molecule is CC(C)(C)N1C=NC2C(=O)n3ccnc3NC21. The Hall–Kier alpha value is -1.85. The van der Waals surface area contributed by atoms with Gasteiger partial charge in [0, 0.05) is 17.9 Å². The van der Waals surface area contributed by atoms with Gasteiger partial charge in [-0.3, -0.25) is 14.4 Å². The van der Waals surface area contributed by atoms with E-state index in [9.17, 15) is 4.79 Å². The second-order valence-corrected chi connectivity index (χ2v) is 5.34. The molecule has 90 valence electrons. The first-order chi connectivity index (χ1) is 7.98. The Kier molecular flexibility index (Phi) is 1.87. The van der Waals surface area contributed by atoms with Crippen molar-refractivity contribution in [2.75, 3.05) is 5.32 Å². The van der Waals surface area contributed by atoms with Crippen molar-refractivity contribution in [2.24, 2.45) is 4.99 Å². The van der Waals surface area contributed by atoms with Gasteiger partial charge in [0.05, 0.1) is 6.34 Å². The summed E-state index contributed by atoms with van der Waals surface area (Å²) in [5, 5.41) is 3.26. The van der Waals surface area contributed by atoms with E-state index in [4.69, 9.17) is 0 Å². The molecule has 2 aliphatic heterocycles. The summed E-state index contributed by atoms with van der Waals surface area (Å²) < 4.78 is 1.52. The summed E-state index contributed by atoms with van der Waals surface area (Å²) in [4.78, 5) is 22.7. The van der Waals surface area contributed by atoms with Gasteiger partial charge >= 0.3 is 0 Å². The molecule has 1 N–H and O–H groups in total. The van der Waals surface area contributed by atoms with E-state index in [1.165, 1.54) is 4.57 Å². The number of carbonyl (C=O) groups is 1. The van der Waals surface area contributed by atoms with Gasteiger partial charge in [0.2, 0.25) is 5.95 Å². The number of rotatable bonds is 0. The van der Waals surface area contributed by atoms with Crippen LogP contribution in [0.1, 0.15) is 25.6 Å². The molecule has 0 saturated carbocycles. The topological polar surface area (TPSA) is 62.5 Å². The fourth-order valence-corrected chi connectivity index (χ4v) is 2.25. The molecule has 17 heavy (non-hydrogen) atoms. The molecule has 3 rings (SSSR count). The van der Waals surface area contributed by atoms with Crippen LogP contribution < -0.4 is 5.32 Å². The van der Waals surface area contributed by atoms with Crippen LogP contribution in [0.25, 0.3) is 0 Å². The van der Waals surface area contributed by atoms with Crippen molar-refractivity contribution in [3.63, 3.8) is 0 Å². The lowest BCUT2D eigenvalue weighted by Gasteiger charge is -2.39. The smallest absolute Gasteiger partial charge is 0.262 e. The number of anilines is 1. The van der Waals surface area contributed by atoms with Gasteiger partial charge in [-0.2, -0.15) is 0 Å². The van der Waals surface area contributed by atoms with Crippen molar-refractivity contribution < 1.29 is 4.79 Å². The summed E-state index contributed by atoms with van der Waals surface area (Å²) in [7, 11) is 0. The largest absolute Gasteiger partial charge is 0.335 e. The summed E-state index contributed by atoms with van der Waals surface area (Å²) >= 11 is 0. The Labute approximate surface area is 99.3 Å². The maximum Gasteiger partial charge on any atom is 0.262 e. The van der Waals surface area contributed by atoms with E-state index < -0.39 is 0 Å². The van der Waals surface area contributed by atoms with Crippen molar-refractivity contribution in [3.05, 3.63) is 12.4 Å². The zero-order valence-corrected chi connectivity index (χ0v) is 10.1. The zero-order chi connectivity index (χ0) is 12.2. The van der Waals surface area contributed by atoms with Crippen LogP contribution in [-0.2, 0) is 0 Å². The molecule has 0 aromatic carbocycles. The Morgan fingerprint density at radius 2 is 2.18 bits per heavy atom. The van der Waals surface area contributed by atoms with Crippen molar-refractivity contribution in [3.8, 4) is 0 Å². The van der Waals surface area contributed by atoms with Gasteiger partial charge < -0.3 is 10.2 Å². The third kappa shape index (κ3) is 1.36. The average molecular weight is 233 g/mol. The standard InChI is InChI=1S/C11H15N5O/c1-11(2,3)16-6-13-7-8(16)14-10-12-4-5-15(10)9(7)17/h4-8H,1-3H3,(H,12,14). The first-order valence-corrected chi connectivity index (χ1v) is 5.64. The normalized spacial score (nSPS) is 26.8. The first kappa shape index (κ1) is 10.3. The molecule has 0 radical (unpaired) electrons. The van der Waals surface area contributed by atoms with Gasteiger partial charge in [-0.25, -0.2) is 4.98 Å². The third-order valence-corrected chi connectivity index (χ3v) is 3.13. The minimum Gasteiger partial charge on any atom is -0.335 e. The van der Waals surface area contributed by atoms with E-state index in [1.54, 1.807) is 18.7 Å². The highest BCUT2D eigenvalue weighted by atomic mass is 16.2. The zero-order valence-electron chi connectivity index (χ0n) is 10.1. The Bertz CT molecular complexity index is 498. The summed E-state index contributed by atoms with van der Waals surface area (Å²) in [5.74, 6) is 0.570. The molecule has 6 nitrogen and oxygen atoms in total. The van der Waals surface area contributed by atoms with Crippen molar-refractivity contribution in [1.29, 1.82) is 0 Å². The number of hydrogen-bond donors (Lipinski definition) is 1. The molecule has 1 aromatic heterocycles. The number of imidazole rings is 1. The molecule has 2 unspecified atom stereocenters. The molecular weight excluding hydrogens is 218 g/mol. The summed E-state index contributed by atoms with van der Waals surface area (Å²) in [6.45, 7) is 6.28. The third-order valence-electron chi connectivity index (χ3n) is 3.13. The number of aliphatic imine (C=N–C) groups is 1. The first-order valence-electron chi connectivity index (χ1n) is 5.64. The molecule has 0 fully saturated rings. The van der Waals surface area contributed by atoms with Gasteiger partial charge in [-0.1, -0.05) is 0 Å². The number of hydrogen-bond acceptors (Lipinski definition) is 5. The van der Waals surface area contributed by atoms with Crippen LogP contribution in [0.4, 0.5) is 5.95 Å². The molecule has 0 aliphatic carbocycles. The van der Waals surface area contributed by atoms with E-state index in [-0.39, 0.29) is 23.7 Å². The lowest BCUT2D eigenvalue weighted by atomic mass is 10.0. The van der Waals surface area contributed by atoms with Crippen LogP contribution in [-0.4, -0.2) is 44.4 Å². The van der Waals surface area contributed by atoms with Crippen molar-refractivity contribution in [2.45, 2.75) is 38.5 Å². The lowest BCUT2D eigenvalue weighted by Crippen LogP contribution is -2.56. The Morgan fingerprint density at radius 1 is 1.41 bits per heavy atom. The van der Waals surface area contributed by atoms with Crippen LogP contribution in [0.5, 0.6) is 0 Å². The maximum atomic E-state index is 12.2.